The molecule has 0 fully saturated rings. The third-order valence-corrected chi connectivity index (χ3v) is 2.86. The Morgan fingerprint density at radius 2 is 1.84 bits per heavy atom. The van der Waals surface area contributed by atoms with Gasteiger partial charge in [-0.1, -0.05) is 0 Å². The molecule has 0 saturated heterocycles. The average Bonchev–Trinajstić information content (AvgIpc) is 2.64. The van der Waals surface area contributed by atoms with E-state index < -0.39 is 17.6 Å². The Morgan fingerprint density at radius 3 is 2.53 bits per heavy atom. The molecular weight excluding hydrogens is 251 g/mol. The first-order chi connectivity index (χ1) is 9.09. The molecule has 2 amide bonds. The van der Waals surface area contributed by atoms with E-state index in [9.17, 15) is 14.0 Å². The molecule has 2 aromatic rings. The zero-order valence-electron chi connectivity index (χ0n) is 9.50. The van der Waals surface area contributed by atoms with E-state index in [4.69, 9.17) is 5.11 Å². The highest BCUT2D eigenvalue weighted by atomic mass is 19.1. The first kappa shape index (κ1) is 11.3. The van der Waals surface area contributed by atoms with Crippen LogP contribution >= 0.6 is 0 Å². The monoisotopic (exact) mass is 258 g/mol. The van der Waals surface area contributed by atoms with E-state index in [2.05, 4.69) is 4.98 Å². The van der Waals surface area contributed by atoms with E-state index in [1.807, 2.05) is 0 Å². The Labute approximate surface area is 106 Å². The van der Waals surface area contributed by atoms with Crippen molar-refractivity contribution in [2.75, 3.05) is 4.90 Å². The highest BCUT2D eigenvalue weighted by Gasteiger charge is 2.38. The molecule has 3 rings (SSSR count). The number of carbonyl (C=O) groups is 2. The fourth-order valence-corrected chi connectivity index (χ4v) is 1.98. The summed E-state index contributed by atoms with van der Waals surface area (Å²) in [6.45, 7) is 0. The predicted octanol–water partition coefficient (Wildman–Crippen LogP) is 1.73. The van der Waals surface area contributed by atoms with Crippen LogP contribution < -0.4 is 4.90 Å². The Balaban J connectivity index is 2.14. The minimum atomic E-state index is -0.845. The highest BCUT2D eigenvalue weighted by Crippen LogP contribution is 2.30. The van der Waals surface area contributed by atoms with Crippen LogP contribution in [0.4, 0.5) is 10.1 Å². The predicted molar refractivity (Wildman–Crippen MR) is 63.4 cm³/mol. The van der Waals surface area contributed by atoms with Gasteiger partial charge in [-0.15, -0.1) is 0 Å². The van der Waals surface area contributed by atoms with E-state index in [0.717, 1.165) is 11.0 Å². The molecule has 0 spiro atoms. The van der Waals surface area contributed by atoms with Gasteiger partial charge in [-0.2, -0.15) is 0 Å². The van der Waals surface area contributed by atoms with E-state index in [1.165, 1.54) is 30.6 Å². The van der Waals surface area contributed by atoms with Gasteiger partial charge in [0.1, 0.15) is 5.75 Å². The molecule has 0 radical (unpaired) electrons. The van der Waals surface area contributed by atoms with E-state index in [1.54, 1.807) is 0 Å². The molecule has 0 saturated carbocycles. The van der Waals surface area contributed by atoms with Crippen LogP contribution in [0.5, 0.6) is 5.75 Å². The van der Waals surface area contributed by atoms with Gasteiger partial charge in [-0.05, 0) is 18.2 Å². The number of benzene rings is 1. The van der Waals surface area contributed by atoms with Crippen LogP contribution in [0.2, 0.25) is 0 Å². The Morgan fingerprint density at radius 1 is 1.11 bits per heavy atom. The zero-order chi connectivity index (χ0) is 13.6. The van der Waals surface area contributed by atoms with Gasteiger partial charge in [0.25, 0.3) is 11.8 Å². The number of halogens is 1. The molecule has 5 nitrogen and oxygen atoms in total. The summed E-state index contributed by atoms with van der Waals surface area (Å²) in [5, 5.41) is 9.15. The number of hydrogen-bond acceptors (Lipinski definition) is 4. The van der Waals surface area contributed by atoms with Crippen LogP contribution in [0.25, 0.3) is 0 Å². The van der Waals surface area contributed by atoms with Gasteiger partial charge in [0.2, 0.25) is 0 Å². The summed E-state index contributed by atoms with van der Waals surface area (Å²) in [7, 11) is 0. The number of aromatic nitrogens is 1. The van der Waals surface area contributed by atoms with Gasteiger partial charge >= 0.3 is 0 Å². The minimum Gasteiger partial charge on any atom is -0.508 e. The fourth-order valence-electron chi connectivity index (χ4n) is 1.98. The summed E-state index contributed by atoms with van der Waals surface area (Å²) in [4.78, 5) is 28.7. The van der Waals surface area contributed by atoms with Gasteiger partial charge in [0.05, 0.1) is 16.8 Å². The second-order valence-corrected chi connectivity index (χ2v) is 4.00. The number of fused-ring (bicyclic) bond motifs is 1. The van der Waals surface area contributed by atoms with Crippen molar-refractivity contribution in [3.8, 4) is 5.75 Å². The topological polar surface area (TPSA) is 70.5 Å². The number of phenolic OH excluding ortho intramolecular Hbond substituents is 1. The van der Waals surface area contributed by atoms with E-state index in [-0.39, 0.29) is 22.6 Å². The number of hydrogen-bond donors (Lipinski definition) is 1. The fraction of sp³-hybridized carbons (Fsp3) is 0. The molecule has 19 heavy (non-hydrogen) atoms. The van der Waals surface area contributed by atoms with Crippen LogP contribution in [-0.4, -0.2) is 21.9 Å². The molecule has 1 aromatic carbocycles. The number of phenols is 1. The molecular formula is C13H7FN2O3. The summed E-state index contributed by atoms with van der Waals surface area (Å²) in [5.74, 6) is -2.35. The highest BCUT2D eigenvalue weighted by molar-refractivity contribution is 6.34. The molecule has 0 bridgehead atoms. The summed E-state index contributed by atoms with van der Waals surface area (Å²) in [5.41, 5.74) is 0.136. The number of nitrogens with zero attached hydrogens (tertiary/aromatic N) is 2. The Hall–Kier alpha value is -2.76. The smallest absolute Gasteiger partial charge is 0.267 e. The lowest BCUT2D eigenvalue weighted by Crippen LogP contribution is -2.30. The lowest BCUT2D eigenvalue weighted by atomic mass is 10.2. The number of carbonyl (C=O) groups excluding carboxylic acids is 2. The second-order valence-electron chi connectivity index (χ2n) is 4.00. The maximum absolute atomic E-state index is 13.8. The third kappa shape index (κ3) is 1.57. The molecule has 0 unspecified atom stereocenters. The molecule has 94 valence electrons. The van der Waals surface area contributed by atoms with Crippen LogP contribution in [0.15, 0.2) is 36.7 Å². The van der Waals surface area contributed by atoms with Crippen molar-refractivity contribution in [3.63, 3.8) is 0 Å². The van der Waals surface area contributed by atoms with Crippen molar-refractivity contribution in [2.24, 2.45) is 0 Å². The SMILES string of the molecule is O=C1c2ccncc2C(=O)N1c1ccc(O)cc1F. The number of anilines is 1. The van der Waals surface area contributed by atoms with E-state index >= 15 is 0 Å². The number of amides is 2. The molecule has 0 aliphatic carbocycles. The number of rotatable bonds is 1. The summed E-state index contributed by atoms with van der Waals surface area (Å²) < 4.78 is 13.8. The van der Waals surface area contributed by atoms with Gasteiger partial charge in [-0.3, -0.25) is 14.6 Å². The summed E-state index contributed by atoms with van der Waals surface area (Å²) >= 11 is 0. The van der Waals surface area contributed by atoms with Crippen LogP contribution in [0, 0.1) is 5.82 Å². The van der Waals surface area contributed by atoms with Crippen molar-refractivity contribution in [1.29, 1.82) is 0 Å². The Kier molecular flexibility index (Phi) is 2.31. The third-order valence-electron chi connectivity index (χ3n) is 2.86. The maximum atomic E-state index is 13.8. The largest absolute Gasteiger partial charge is 0.508 e. The molecule has 1 aromatic heterocycles. The first-order valence-electron chi connectivity index (χ1n) is 5.41. The van der Waals surface area contributed by atoms with E-state index in [0.29, 0.717) is 0 Å². The maximum Gasteiger partial charge on any atom is 0.267 e. The second kappa shape index (κ2) is 3.88. The van der Waals surface area contributed by atoms with Crippen molar-refractivity contribution in [2.45, 2.75) is 0 Å². The van der Waals surface area contributed by atoms with Crippen molar-refractivity contribution in [1.82, 2.24) is 4.98 Å². The van der Waals surface area contributed by atoms with Crippen molar-refractivity contribution >= 4 is 17.5 Å². The van der Waals surface area contributed by atoms with Crippen molar-refractivity contribution in [3.05, 3.63) is 53.6 Å². The molecule has 1 aliphatic heterocycles. The van der Waals surface area contributed by atoms with Gasteiger partial charge in [0.15, 0.2) is 5.82 Å². The quantitative estimate of drug-likeness (QED) is 0.791. The molecule has 1 N–H and O–H groups in total. The molecule has 1 aliphatic rings. The van der Waals surface area contributed by atoms with Gasteiger partial charge < -0.3 is 5.11 Å². The zero-order valence-corrected chi connectivity index (χ0v) is 9.50. The van der Waals surface area contributed by atoms with Crippen LogP contribution in [0.3, 0.4) is 0 Å². The number of aromatic hydroxyl groups is 1. The normalized spacial score (nSPS) is 13.8. The number of imide groups is 1. The standard InChI is InChI=1S/C13H7FN2O3/c14-10-5-7(17)1-2-11(10)16-12(18)8-3-4-15-6-9(8)13(16)19/h1-6,17H. The van der Waals surface area contributed by atoms with Gasteiger partial charge in [-0.25, -0.2) is 9.29 Å². The number of pyridine rings is 1. The summed E-state index contributed by atoms with van der Waals surface area (Å²) in [6.07, 6.45) is 2.66. The first-order valence-corrected chi connectivity index (χ1v) is 5.41. The Bertz CT molecular complexity index is 680. The average molecular weight is 258 g/mol. The van der Waals surface area contributed by atoms with Gasteiger partial charge in [0, 0.05) is 18.5 Å². The van der Waals surface area contributed by atoms with Crippen LogP contribution in [-0.2, 0) is 0 Å². The van der Waals surface area contributed by atoms with Crippen LogP contribution in [0.1, 0.15) is 20.7 Å². The summed E-state index contributed by atoms with van der Waals surface area (Å²) in [6, 6.07) is 4.64. The lowest BCUT2D eigenvalue weighted by molar-refractivity contribution is 0.0924. The molecule has 6 heteroatoms. The molecule has 0 atom stereocenters. The lowest BCUT2D eigenvalue weighted by Gasteiger charge is -2.14. The van der Waals surface area contributed by atoms with Crippen molar-refractivity contribution < 1.29 is 19.1 Å². The molecule has 2 heterocycles. The minimum absolute atomic E-state index is 0.139.